The smallest absolute Gasteiger partial charge is 0.229 e. The van der Waals surface area contributed by atoms with Crippen LogP contribution in [0.5, 0.6) is 0 Å². The van der Waals surface area contributed by atoms with Crippen LogP contribution >= 0.6 is 0 Å². The van der Waals surface area contributed by atoms with Gasteiger partial charge >= 0.3 is 0 Å². The average Bonchev–Trinajstić information content (AvgIpc) is 2.97. The van der Waals surface area contributed by atoms with E-state index in [2.05, 4.69) is 10.1 Å². The average molecular weight is 293 g/mol. The van der Waals surface area contributed by atoms with E-state index in [0.717, 1.165) is 17.7 Å². The van der Waals surface area contributed by atoms with Crippen molar-refractivity contribution in [2.45, 2.75) is 63.3 Å². The highest BCUT2D eigenvalue weighted by molar-refractivity contribution is 5.05. The van der Waals surface area contributed by atoms with Gasteiger partial charge in [-0.3, -0.25) is 0 Å². The second kappa shape index (κ2) is 6.05. The number of nitrogens with two attached hydrogens (primary N) is 1. The molecule has 2 aliphatic carbocycles. The van der Waals surface area contributed by atoms with Gasteiger partial charge in [0.2, 0.25) is 5.89 Å². The van der Waals surface area contributed by atoms with Gasteiger partial charge in [0.25, 0.3) is 0 Å². The summed E-state index contributed by atoms with van der Waals surface area (Å²) in [5.74, 6) is 3.55. The maximum atomic E-state index is 6.19. The lowest BCUT2D eigenvalue weighted by Gasteiger charge is -2.38. The number of hydrogen-bond donors (Lipinski definition) is 1. The zero-order chi connectivity index (χ0) is 14.9. The monoisotopic (exact) mass is 293 g/mol. The van der Waals surface area contributed by atoms with E-state index in [4.69, 9.17) is 15.0 Å². The van der Waals surface area contributed by atoms with Crippen LogP contribution in [0.1, 0.15) is 69.5 Å². The van der Waals surface area contributed by atoms with Crippen LogP contribution in [0.25, 0.3) is 0 Å². The van der Waals surface area contributed by atoms with E-state index in [1.807, 2.05) is 6.92 Å². The van der Waals surface area contributed by atoms with Crippen molar-refractivity contribution in [2.24, 2.45) is 17.6 Å². The van der Waals surface area contributed by atoms with E-state index in [1.54, 1.807) is 7.11 Å². The molecule has 1 aromatic rings. The molecule has 4 unspecified atom stereocenters. The quantitative estimate of drug-likeness (QED) is 0.923. The molecule has 0 radical (unpaired) electrons. The van der Waals surface area contributed by atoms with E-state index in [-0.39, 0.29) is 0 Å². The van der Waals surface area contributed by atoms with E-state index in [9.17, 15) is 0 Å². The molecule has 4 atom stereocenters. The molecule has 2 aliphatic rings. The number of fused-ring (bicyclic) bond motifs is 1. The predicted molar refractivity (Wildman–Crippen MR) is 79.8 cm³/mol. The van der Waals surface area contributed by atoms with E-state index < -0.39 is 5.54 Å². The summed E-state index contributed by atoms with van der Waals surface area (Å²) < 4.78 is 10.7. The van der Waals surface area contributed by atoms with Crippen molar-refractivity contribution in [1.82, 2.24) is 10.1 Å². The highest BCUT2D eigenvalue weighted by Crippen LogP contribution is 2.45. The minimum atomic E-state index is -0.682. The molecule has 0 spiro atoms. The summed E-state index contributed by atoms with van der Waals surface area (Å²) in [5.41, 5.74) is 5.51. The molecule has 118 valence electrons. The first kappa shape index (κ1) is 15.0. The summed E-state index contributed by atoms with van der Waals surface area (Å²) in [6.07, 6.45) is 9.29. The molecule has 1 aromatic heterocycles. The van der Waals surface area contributed by atoms with Crippen molar-refractivity contribution in [1.29, 1.82) is 0 Å². The van der Waals surface area contributed by atoms with Gasteiger partial charge in [-0.05, 0) is 38.0 Å². The summed E-state index contributed by atoms with van der Waals surface area (Å²) in [5, 5.41) is 4.09. The van der Waals surface area contributed by atoms with Crippen LogP contribution in [-0.4, -0.2) is 23.9 Å². The lowest BCUT2D eigenvalue weighted by Crippen LogP contribution is -2.39. The zero-order valence-electron chi connectivity index (χ0n) is 13.2. The van der Waals surface area contributed by atoms with Gasteiger partial charge in [-0.25, -0.2) is 0 Å². The van der Waals surface area contributed by atoms with Crippen LogP contribution in [0.15, 0.2) is 4.52 Å². The molecule has 2 N–H and O–H groups in total. The molecule has 2 saturated carbocycles. The van der Waals surface area contributed by atoms with Crippen molar-refractivity contribution in [3.05, 3.63) is 11.7 Å². The fourth-order valence-electron chi connectivity index (χ4n) is 4.10. The first-order valence-corrected chi connectivity index (χ1v) is 8.22. The summed E-state index contributed by atoms with van der Waals surface area (Å²) in [6, 6.07) is 0. The van der Waals surface area contributed by atoms with Crippen LogP contribution < -0.4 is 5.73 Å². The molecule has 21 heavy (non-hydrogen) atoms. The van der Waals surface area contributed by atoms with E-state index >= 15 is 0 Å². The molecule has 0 amide bonds. The van der Waals surface area contributed by atoms with Crippen LogP contribution in [0.2, 0.25) is 0 Å². The largest absolute Gasteiger partial charge is 0.382 e. The Hall–Kier alpha value is -0.940. The van der Waals surface area contributed by atoms with Crippen molar-refractivity contribution in [3.8, 4) is 0 Å². The molecule has 3 rings (SSSR count). The van der Waals surface area contributed by atoms with Gasteiger partial charge in [-0.2, -0.15) is 4.98 Å². The van der Waals surface area contributed by atoms with Gasteiger partial charge in [0.15, 0.2) is 5.82 Å². The minimum absolute atomic E-state index is 0.390. The van der Waals surface area contributed by atoms with Crippen molar-refractivity contribution >= 4 is 0 Å². The number of hydrogen-bond acceptors (Lipinski definition) is 5. The predicted octanol–water partition coefficient (Wildman–Crippen LogP) is 2.96. The maximum absolute atomic E-state index is 6.19. The standard InChI is InChI=1S/C16H27N3O2/c1-16(17,10-20-2)15-18-14(21-19-15)13-8-7-11-5-3-4-6-12(11)9-13/h11-13H,3-10,17H2,1-2H3. The van der Waals surface area contributed by atoms with Crippen molar-refractivity contribution < 1.29 is 9.26 Å². The molecular weight excluding hydrogens is 266 g/mol. The van der Waals surface area contributed by atoms with Gasteiger partial charge in [-0.1, -0.05) is 30.8 Å². The van der Waals surface area contributed by atoms with Gasteiger partial charge in [-0.15, -0.1) is 0 Å². The normalized spacial score (nSPS) is 32.4. The maximum Gasteiger partial charge on any atom is 0.229 e. The van der Waals surface area contributed by atoms with Gasteiger partial charge in [0, 0.05) is 13.0 Å². The topological polar surface area (TPSA) is 74.2 Å². The van der Waals surface area contributed by atoms with Gasteiger partial charge in [0.1, 0.15) is 5.54 Å². The van der Waals surface area contributed by atoms with Crippen LogP contribution in [-0.2, 0) is 10.3 Å². The van der Waals surface area contributed by atoms with Crippen LogP contribution in [0.4, 0.5) is 0 Å². The Kier molecular flexibility index (Phi) is 4.31. The summed E-state index contributed by atoms with van der Waals surface area (Å²) >= 11 is 0. The van der Waals surface area contributed by atoms with E-state index in [0.29, 0.717) is 18.3 Å². The van der Waals surface area contributed by atoms with Crippen molar-refractivity contribution in [2.75, 3.05) is 13.7 Å². The molecule has 5 heteroatoms. The number of aromatic nitrogens is 2. The highest BCUT2D eigenvalue weighted by Gasteiger charge is 2.36. The van der Waals surface area contributed by atoms with Gasteiger partial charge in [0.05, 0.1) is 6.61 Å². The lowest BCUT2D eigenvalue weighted by molar-refractivity contribution is 0.134. The summed E-state index contributed by atoms with van der Waals surface area (Å²) in [7, 11) is 1.64. The second-order valence-electron chi connectivity index (χ2n) is 7.12. The Morgan fingerprint density at radius 3 is 2.76 bits per heavy atom. The third-order valence-corrected chi connectivity index (χ3v) is 5.29. The Labute approximate surface area is 126 Å². The fourth-order valence-corrected chi connectivity index (χ4v) is 4.10. The fraction of sp³-hybridized carbons (Fsp3) is 0.875. The third kappa shape index (κ3) is 3.14. The molecule has 0 bridgehead atoms. The zero-order valence-corrected chi connectivity index (χ0v) is 13.2. The summed E-state index contributed by atoms with van der Waals surface area (Å²) in [6.45, 7) is 2.27. The Bertz CT molecular complexity index is 472. The molecule has 0 aliphatic heterocycles. The number of nitrogens with zero attached hydrogens (tertiary/aromatic N) is 2. The summed E-state index contributed by atoms with van der Waals surface area (Å²) in [4.78, 5) is 4.58. The number of ether oxygens (including phenoxy) is 1. The lowest BCUT2D eigenvalue weighted by atomic mass is 9.67. The minimum Gasteiger partial charge on any atom is -0.382 e. The molecule has 0 saturated heterocycles. The third-order valence-electron chi connectivity index (χ3n) is 5.29. The van der Waals surface area contributed by atoms with Crippen LogP contribution in [0, 0.1) is 11.8 Å². The Morgan fingerprint density at radius 1 is 1.24 bits per heavy atom. The second-order valence-corrected chi connectivity index (χ2v) is 7.12. The van der Waals surface area contributed by atoms with Crippen LogP contribution in [0.3, 0.4) is 0 Å². The number of rotatable bonds is 4. The first-order chi connectivity index (χ1) is 10.1. The molecular formula is C16H27N3O2. The van der Waals surface area contributed by atoms with Crippen molar-refractivity contribution in [3.63, 3.8) is 0 Å². The number of methoxy groups -OCH3 is 1. The SMILES string of the molecule is COCC(C)(N)c1noc(C2CCC3CCCCC3C2)n1. The van der Waals surface area contributed by atoms with Gasteiger partial charge < -0.3 is 15.0 Å². The highest BCUT2D eigenvalue weighted by atomic mass is 16.5. The first-order valence-electron chi connectivity index (χ1n) is 8.22. The molecule has 0 aromatic carbocycles. The Morgan fingerprint density at radius 2 is 2.00 bits per heavy atom. The Balaban J connectivity index is 1.69. The molecule has 1 heterocycles. The molecule has 5 nitrogen and oxygen atoms in total. The molecule has 2 fully saturated rings. The van der Waals surface area contributed by atoms with E-state index in [1.165, 1.54) is 44.9 Å².